The van der Waals surface area contributed by atoms with Crippen molar-refractivity contribution in [1.82, 2.24) is 9.27 Å². The Hall–Kier alpha value is -2.69. The Bertz CT molecular complexity index is 1050. The van der Waals surface area contributed by atoms with Crippen LogP contribution in [-0.2, 0) is 6.54 Å². The molecule has 0 atom stereocenters. The summed E-state index contributed by atoms with van der Waals surface area (Å²) in [7, 11) is 0. The van der Waals surface area contributed by atoms with Gasteiger partial charge in [-0.05, 0) is 46.4 Å². The Morgan fingerprint density at radius 3 is 2.43 bits per heavy atom. The number of rotatable bonds is 4. The zero-order valence-electron chi connectivity index (χ0n) is 15.7. The van der Waals surface area contributed by atoms with Crippen LogP contribution in [0.15, 0.2) is 72.8 Å². The highest BCUT2D eigenvalue weighted by molar-refractivity contribution is 7.13. The van der Waals surface area contributed by atoms with Crippen LogP contribution in [0.25, 0.3) is 21.2 Å². The normalized spacial score (nSPS) is 15.2. The van der Waals surface area contributed by atoms with Gasteiger partial charge in [0.2, 0.25) is 0 Å². The molecule has 5 rings (SSSR count). The third-order valence-electron chi connectivity index (χ3n) is 5.41. The summed E-state index contributed by atoms with van der Waals surface area (Å²) in [5.41, 5.74) is 3.75. The molecule has 0 unspecified atom stereocenters. The number of piperazine rings is 1. The van der Waals surface area contributed by atoms with E-state index in [2.05, 4.69) is 76.5 Å². The van der Waals surface area contributed by atoms with Gasteiger partial charge in [0.05, 0.1) is 4.70 Å². The summed E-state index contributed by atoms with van der Waals surface area (Å²) < 4.78 is 5.99. The van der Waals surface area contributed by atoms with E-state index in [0.29, 0.717) is 0 Å². The fourth-order valence-corrected chi connectivity index (χ4v) is 4.63. The standard InChI is InChI=1S/C24H22N3S/c1-2-6-20(7-3-1)21-12-10-19(11-13-21)18-26-14-16-27(17-15-26)24-22-8-4-5-9-23(22)28-25-24/h1-6,8-13H,14-18H2. The molecule has 28 heavy (non-hydrogen) atoms. The van der Waals surface area contributed by atoms with Gasteiger partial charge in [-0.2, -0.15) is 4.37 Å². The average molecular weight is 385 g/mol. The molecule has 139 valence electrons. The SMILES string of the molecule is [c]1ccccc1-c1ccc(CN2CCN(c3nsc4ccccc34)CC2)cc1. The quantitative estimate of drug-likeness (QED) is 0.489. The summed E-state index contributed by atoms with van der Waals surface area (Å²) in [6.07, 6.45) is 0. The molecule has 0 bridgehead atoms. The van der Waals surface area contributed by atoms with E-state index in [1.807, 2.05) is 12.1 Å². The molecule has 3 aromatic carbocycles. The van der Waals surface area contributed by atoms with E-state index in [9.17, 15) is 0 Å². The maximum atomic E-state index is 4.71. The Labute approximate surface area is 170 Å². The lowest BCUT2D eigenvalue weighted by atomic mass is 10.0. The number of hydrogen-bond donors (Lipinski definition) is 0. The van der Waals surface area contributed by atoms with Gasteiger partial charge in [0.1, 0.15) is 5.82 Å². The van der Waals surface area contributed by atoms with Gasteiger partial charge < -0.3 is 4.90 Å². The molecular weight excluding hydrogens is 362 g/mol. The van der Waals surface area contributed by atoms with Crippen molar-refractivity contribution < 1.29 is 0 Å². The summed E-state index contributed by atoms with van der Waals surface area (Å²) in [6, 6.07) is 28.9. The lowest BCUT2D eigenvalue weighted by Crippen LogP contribution is -2.46. The Kier molecular flexibility index (Phi) is 4.81. The zero-order valence-corrected chi connectivity index (χ0v) is 16.5. The predicted molar refractivity (Wildman–Crippen MR) is 118 cm³/mol. The summed E-state index contributed by atoms with van der Waals surface area (Å²) >= 11 is 1.60. The van der Waals surface area contributed by atoms with Gasteiger partial charge in [0.25, 0.3) is 0 Å². The molecule has 1 aliphatic heterocycles. The molecular formula is C24H22N3S. The topological polar surface area (TPSA) is 19.4 Å². The van der Waals surface area contributed by atoms with Crippen molar-refractivity contribution in [3.63, 3.8) is 0 Å². The van der Waals surface area contributed by atoms with Gasteiger partial charge >= 0.3 is 0 Å². The van der Waals surface area contributed by atoms with Crippen molar-refractivity contribution in [3.8, 4) is 11.1 Å². The Morgan fingerprint density at radius 2 is 1.64 bits per heavy atom. The third kappa shape index (κ3) is 3.53. The van der Waals surface area contributed by atoms with Crippen molar-refractivity contribution in [1.29, 1.82) is 0 Å². The van der Waals surface area contributed by atoms with Crippen LogP contribution in [-0.4, -0.2) is 35.5 Å². The van der Waals surface area contributed by atoms with E-state index in [0.717, 1.165) is 44.1 Å². The number of nitrogens with zero attached hydrogens (tertiary/aromatic N) is 3. The second-order valence-corrected chi connectivity index (χ2v) is 8.04. The molecule has 1 radical (unpaired) electrons. The molecule has 1 aliphatic rings. The molecule has 4 heteroatoms. The zero-order chi connectivity index (χ0) is 18.8. The summed E-state index contributed by atoms with van der Waals surface area (Å²) in [6.45, 7) is 5.21. The first-order valence-corrected chi connectivity index (χ1v) is 10.5. The highest BCUT2D eigenvalue weighted by Crippen LogP contribution is 2.30. The fraction of sp³-hybridized carbons (Fsp3) is 0.208. The minimum absolute atomic E-state index is 1.00. The lowest BCUT2D eigenvalue weighted by molar-refractivity contribution is 0.249. The van der Waals surface area contributed by atoms with Crippen molar-refractivity contribution in [3.05, 3.63) is 84.4 Å². The first-order valence-electron chi connectivity index (χ1n) is 9.74. The molecule has 2 heterocycles. The van der Waals surface area contributed by atoms with E-state index in [-0.39, 0.29) is 0 Å². The van der Waals surface area contributed by atoms with Crippen LogP contribution in [0.3, 0.4) is 0 Å². The molecule has 3 nitrogen and oxygen atoms in total. The lowest BCUT2D eigenvalue weighted by Gasteiger charge is -2.35. The van der Waals surface area contributed by atoms with Crippen LogP contribution in [0.4, 0.5) is 5.82 Å². The number of anilines is 1. The number of fused-ring (bicyclic) bond motifs is 1. The molecule has 0 spiro atoms. The first kappa shape index (κ1) is 17.4. The molecule has 0 amide bonds. The largest absolute Gasteiger partial charge is 0.353 e. The van der Waals surface area contributed by atoms with Gasteiger partial charge in [0, 0.05) is 38.1 Å². The maximum absolute atomic E-state index is 4.71. The minimum atomic E-state index is 1.00. The minimum Gasteiger partial charge on any atom is -0.353 e. The second-order valence-electron chi connectivity index (χ2n) is 7.24. The molecule has 0 aliphatic carbocycles. The maximum Gasteiger partial charge on any atom is 0.150 e. The molecule has 1 fully saturated rings. The van der Waals surface area contributed by atoms with Crippen molar-refractivity contribution in [2.45, 2.75) is 6.54 Å². The van der Waals surface area contributed by atoms with Crippen LogP contribution >= 0.6 is 11.5 Å². The molecule has 0 N–H and O–H groups in total. The van der Waals surface area contributed by atoms with Crippen LogP contribution in [0.1, 0.15) is 5.56 Å². The monoisotopic (exact) mass is 384 g/mol. The van der Waals surface area contributed by atoms with Gasteiger partial charge in [-0.25, -0.2) is 0 Å². The number of aromatic nitrogens is 1. The van der Waals surface area contributed by atoms with E-state index in [1.165, 1.54) is 21.2 Å². The van der Waals surface area contributed by atoms with E-state index < -0.39 is 0 Å². The molecule has 1 aromatic heterocycles. The van der Waals surface area contributed by atoms with Crippen LogP contribution in [0, 0.1) is 6.07 Å². The Morgan fingerprint density at radius 1 is 0.857 bits per heavy atom. The molecule has 4 aromatic rings. The van der Waals surface area contributed by atoms with Gasteiger partial charge in [-0.1, -0.05) is 60.7 Å². The second kappa shape index (κ2) is 7.74. The first-order chi connectivity index (χ1) is 13.9. The van der Waals surface area contributed by atoms with Crippen molar-refractivity contribution >= 4 is 27.4 Å². The number of benzene rings is 3. The van der Waals surface area contributed by atoms with E-state index >= 15 is 0 Å². The predicted octanol–water partition coefficient (Wildman–Crippen LogP) is 5.09. The molecule has 0 saturated carbocycles. The van der Waals surface area contributed by atoms with E-state index in [4.69, 9.17) is 4.37 Å². The Balaban J connectivity index is 1.22. The summed E-state index contributed by atoms with van der Waals surface area (Å²) in [5, 5.41) is 1.29. The highest BCUT2D eigenvalue weighted by atomic mass is 32.1. The van der Waals surface area contributed by atoms with Crippen LogP contribution in [0.5, 0.6) is 0 Å². The van der Waals surface area contributed by atoms with Crippen LogP contribution in [0.2, 0.25) is 0 Å². The fourth-order valence-electron chi connectivity index (χ4n) is 3.84. The molecule has 1 saturated heterocycles. The van der Waals surface area contributed by atoms with Gasteiger partial charge in [-0.15, -0.1) is 0 Å². The van der Waals surface area contributed by atoms with Gasteiger partial charge in [0.15, 0.2) is 0 Å². The van der Waals surface area contributed by atoms with Crippen molar-refractivity contribution in [2.75, 3.05) is 31.1 Å². The average Bonchev–Trinajstić information content (AvgIpc) is 3.20. The van der Waals surface area contributed by atoms with Crippen molar-refractivity contribution in [2.24, 2.45) is 0 Å². The third-order valence-corrected chi connectivity index (χ3v) is 6.23. The van der Waals surface area contributed by atoms with E-state index in [1.54, 1.807) is 11.5 Å². The highest BCUT2D eigenvalue weighted by Gasteiger charge is 2.20. The summed E-state index contributed by atoms with van der Waals surface area (Å²) in [4.78, 5) is 4.97. The summed E-state index contributed by atoms with van der Waals surface area (Å²) in [5.74, 6) is 1.16. The van der Waals surface area contributed by atoms with Crippen LogP contribution < -0.4 is 4.90 Å². The van der Waals surface area contributed by atoms with Gasteiger partial charge in [-0.3, -0.25) is 4.90 Å². The smallest absolute Gasteiger partial charge is 0.150 e. The number of hydrogen-bond acceptors (Lipinski definition) is 4.